The van der Waals surface area contributed by atoms with E-state index < -0.39 is 40.8 Å². The van der Waals surface area contributed by atoms with E-state index in [4.69, 9.17) is 4.74 Å². The fourth-order valence-electron chi connectivity index (χ4n) is 4.97. The average Bonchev–Trinajstić information content (AvgIpc) is 3.32. The third-order valence-corrected chi connectivity index (χ3v) is 7.25. The van der Waals surface area contributed by atoms with E-state index in [0.29, 0.717) is 24.0 Å². The molecule has 0 bridgehead atoms. The van der Waals surface area contributed by atoms with Gasteiger partial charge in [-0.25, -0.2) is 9.37 Å². The number of benzene rings is 2. The van der Waals surface area contributed by atoms with Crippen LogP contribution in [0, 0.1) is 26.6 Å². The van der Waals surface area contributed by atoms with E-state index in [1.54, 1.807) is 29.8 Å². The number of nitrogens with zero attached hydrogens (tertiary/aromatic N) is 5. The van der Waals surface area contributed by atoms with Gasteiger partial charge in [0.05, 0.1) is 11.9 Å². The van der Waals surface area contributed by atoms with Gasteiger partial charge in [-0.2, -0.15) is 32.0 Å². The molecule has 3 heterocycles. The fourth-order valence-corrected chi connectivity index (χ4v) is 4.97. The summed E-state index contributed by atoms with van der Waals surface area (Å²) in [6.45, 7) is 6.43. The van der Waals surface area contributed by atoms with Crippen LogP contribution in [0.25, 0.3) is 11.3 Å². The van der Waals surface area contributed by atoms with Gasteiger partial charge in [0.15, 0.2) is 11.6 Å². The Morgan fingerprint density at radius 1 is 0.907 bits per heavy atom. The van der Waals surface area contributed by atoms with Crippen molar-refractivity contribution in [1.82, 2.24) is 24.6 Å². The van der Waals surface area contributed by atoms with E-state index in [1.165, 1.54) is 36.8 Å². The molecule has 0 atom stereocenters. The average molecular weight is 608 g/mol. The van der Waals surface area contributed by atoms with E-state index in [9.17, 15) is 22.0 Å². The lowest BCUT2D eigenvalue weighted by molar-refractivity contribution is -0.289. The Bertz CT molecular complexity index is 1550. The third kappa shape index (κ3) is 7.18. The van der Waals surface area contributed by atoms with Crippen LogP contribution in [0.2, 0.25) is 0 Å². The highest BCUT2D eigenvalue weighted by Gasteiger charge is 2.62. The molecule has 0 aliphatic carbocycles. The molecule has 0 spiro atoms. The summed E-state index contributed by atoms with van der Waals surface area (Å²) in [5.41, 5.74) is -0.149. The molecule has 232 valence electrons. The molecule has 0 saturated carbocycles. The van der Waals surface area contributed by atoms with Gasteiger partial charge in [0.1, 0.15) is 11.4 Å². The van der Waals surface area contributed by atoms with Crippen LogP contribution >= 0.6 is 0 Å². The summed E-state index contributed by atoms with van der Waals surface area (Å²) >= 11 is 0. The molecule has 1 fully saturated rings. The van der Waals surface area contributed by atoms with Crippen molar-refractivity contribution in [3.05, 3.63) is 88.8 Å². The molecule has 1 aliphatic heterocycles. The summed E-state index contributed by atoms with van der Waals surface area (Å²) in [6, 6.07) is 10.3. The molecule has 0 N–H and O–H groups in total. The minimum absolute atomic E-state index is 0. The van der Waals surface area contributed by atoms with Crippen LogP contribution in [0.5, 0.6) is 11.6 Å². The first-order valence-corrected chi connectivity index (χ1v) is 13.7. The molecule has 1 aliphatic rings. The molecule has 1 saturated heterocycles. The predicted octanol–water partition coefficient (Wildman–Crippen LogP) is 8.13. The number of aryl methyl sites for hydroxylation is 4. The first kappa shape index (κ1) is 32.0. The van der Waals surface area contributed by atoms with Gasteiger partial charge in [-0.3, -0.25) is 4.68 Å². The van der Waals surface area contributed by atoms with Gasteiger partial charge in [-0.1, -0.05) is 36.4 Å². The number of piperidine rings is 1. The maximum atomic E-state index is 15.5. The molecule has 2 aromatic heterocycles. The summed E-state index contributed by atoms with van der Waals surface area (Å²) in [7, 11) is 3.87. The SMILES string of the molecule is Cc1cnn(C)c1.Cc1nc(Oc2cccc(C3CCN(C)CC3)c2F)c(C(F)(F)C(F)(F)F)c(-c2ccccc2C)n1.[HH]. The number of aromatic nitrogens is 4. The molecule has 12 heteroatoms. The van der Waals surface area contributed by atoms with Crippen LogP contribution in [0.1, 0.15) is 48.3 Å². The van der Waals surface area contributed by atoms with Crippen molar-refractivity contribution in [2.24, 2.45) is 7.05 Å². The Balaban J connectivity index is 0.000000582. The Morgan fingerprint density at radius 3 is 2.14 bits per heavy atom. The molecular weight excluding hydrogens is 572 g/mol. The largest absolute Gasteiger partial charge is 0.458 e. The highest BCUT2D eigenvalue weighted by Crippen LogP contribution is 2.51. The first-order valence-electron chi connectivity index (χ1n) is 13.7. The molecule has 2 aromatic carbocycles. The quantitative estimate of drug-likeness (QED) is 0.215. The Kier molecular flexibility index (Phi) is 9.48. The standard InChI is InChI=1S/C26H25F6N3O.C5H8N2.H2/c1-15-7-4-5-8-18(15)23-21(25(28,29)26(30,31)32)24(34-16(2)33-23)36-20-10-6-9-19(22(20)27)17-11-13-35(3)14-12-17;1-5-3-6-7(2)4-5;/h4-10,17H,11-14H2,1-3H3;3-4H,1-2H3;1H. The second-order valence-corrected chi connectivity index (χ2v) is 10.7. The number of rotatable bonds is 5. The van der Waals surface area contributed by atoms with Crippen molar-refractivity contribution in [3.8, 4) is 22.9 Å². The Hall–Kier alpha value is -3.93. The van der Waals surface area contributed by atoms with E-state index in [-0.39, 0.29) is 18.7 Å². The molecule has 5 rings (SSSR count). The number of alkyl halides is 5. The molecular formula is C31H35F6N5O. The lowest BCUT2D eigenvalue weighted by Gasteiger charge is -2.29. The third-order valence-electron chi connectivity index (χ3n) is 7.25. The number of likely N-dealkylation sites (tertiary alicyclic amines) is 1. The topological polar surface area (TPSA) is 56.1 Å². The minimum atomic E-state index is -5.96. The Labute approximate surface area is 247 Å². The van der Waals surface area contributed by atoms with E-state index in [1.807, 2.05) is 33.4 Å². The normalized spacial score (nSPS) is 14.8. The lowest BCUT2D eigenvalue weighted by Crippen LogP contribution is -2.35. The number of ether oxygens (including phenoxy) is 1. The summed E-state index contributed by atoms with van der Waals surface area (Å²) in [5, 5.41) is 3.93. The Morgan fingerprint density at radius 2 is 1.58 bits per heavy atom. The van der Waals surface area contributed by atoms with Crippen molar-refractivity contribution in [1.29, 1.82) is 0 Å². The van der Waals surface area contributed by atoms with Gasteiger partial charge in [0.25, 0.3) is 0 Å². The van der Waals surface area contributed by atoms with Gasteiger partial charge in [0, 0.05) is 20.2 Å². The van der Waals surface area contributed by atoms with Gasteiger partial charge in [-0.05, 0) is 82.4 Å². The molecule has 0 radical (unpaired) electrons. The van der Waals surface area contributed by atoms with Crippen molar-refractivity contribution >= 4 is 0 Å². The highest BCUT2D eigenvalue weighted by molar-refractivity contribution is 5.70. The van der Waals surface area contributed by atoms with Crippen molar-refractivity contribution in [2.75, 3.05) is 20.1 Å². The molecule has 0 unspecified atom stereocenters. The van der Waals surface area contributed by atoms with Crippen LogP contribution in [-0.4, -0.2) is 51.0 Å². The van der Waals surface area contributed by atoms with Crippen LogP contribution < -0.4 is 4.74 Å². The number of halogens is 6. The maximum Gasteiger partial charge on any atom is 0.458 e. The summed E-state index contributed by atoms with van der Waals surface area (Å²) in [4.78, 5) is 9.82. The van der Waals surface area contributed by atoms with Crippen LogP contribution in [-0.2, 0) is 13.0 Å². The summed E-state index contributed by atoms with van der Waals surface area (Å²) in [5.74, 6) is -7.91. The molecule has 4 aromatic rings. The van der Waals surface area contributed by atoms with E-state index >= 15 is 4.39 Å². The van der Waals surface area contributed by atoms with Gasteiger partial charge < -0.3 is 9.64 Å². The fraction of sp³-hybridized carbons (Fsp3) is 0.387. The monoisotopic (exact) mass is 607 g/mol. The van der Waals surface area contributed by atoms with Crippen molar-refractivity contribution in [2.45, 2.75) is 51.6 Å². The first-order chi connectivity index (χ1) is 20.2. The lowest BCUT2D eigenvalue weighted by atomic mass is 9.89. The van der Waals surface area contributed by atoms with E-state index in [0.717, 1.165) is 13.1 Å². The van der Waals surface area contributed by atoms with Gasteiger partial charge >= 0.3 is 12.1 Å². The van der Waals surface area contributed by atoms with E-state index in [2.05, 4.69) is 20.0 Å². The molecule has 43 heavy (non-hydrogen) atoms. The van der Waals surface area contributed by atoms with Crippen LogP contribution in [0.3, 0.4) is 0 Å². The molecule has 6 nitrogen and oxygen atoms in total. The molecule has 0 amide bonds. The smallest absolute Gasteiger partial charge is 0.435 e. The predicted molar refractivity (Wildman–Crippen MR) is 153 cm³/mol. The zero-order chi connectivity index (χ0) is 31.5. The van der Waals surface area contributed by atoms with Crippen LogP contribution in [0.15, 0.2) is 54.9 Å². The number of hydrogen-bond acceptors (Lipinski definition) is 5. The van der Waals surface area contributed by atoms with Crippen LogP contribution in [0.4, 0.5) is 26.3 Å². The second kappa shape index (κ2) is 12.7. The van der Waals surface area contributed by atoms with Gasteiger partial charge in [0.2, 0.25) is 5.88 Å². The minimum Gasteiger partial charge on any atom is -0.435 e. The zero-order valence-corrected chi connectivity index (χ0v) is 24.5. The highest BCUT2D eigenvalue weighted by atomic mass is 19.4. The second-order valence-electron chi connectivity index (χ2n) is 10.7. The van der Waals surface area contributed by atoms with Crippen molar-refractivity contribution < 1.29 is 32.5 Å². The number of hydrogen-bond donors (Lipinski definition) is 0. The van der Waals surface area contributed by atoms with Crippen molar-refractivity contribution in [3.63, 3.8) is 0 Å². The van der Waals surface area contributed by atoms with Gasteiger partial charge in [-0.15, -0.1) is 0 Å². The maximum absolute atomic E-state index is 15.5. The summed E-state index contributed by atoms with van der Waals surface area (Å²) < 4.78 is 93.5. The zero-order valence-electron chi connectivity index (χ0n) is 24.5. The summed E-state index contributed by atoms with van der Waals surface area (Å²) in [6.07, 6.45) is -0.799.